The molecule has 1 saturated heterocycles. The molecule has 1 amide bonds. The third kappa shape index (κ3) is 3.95. The average molecular weight is 395 g/mol. The van der Waals surface area contributed by atoms with Crippen LogP contribution in [-0.2, 0) is 11.3 Å². The van der Waals surface area contributed by atoms with Crippen LogP contribution in [0.5, 0.6) is 0 Å². The molecule has 138 valence electrons. The van der Waals surface area contributed by atoms with Crippen molar-refractivity contribution in [2.45, 2.75) is 32.6 Å². The van der Waals surface area contributed by atoms with Gasteiger partial charge in [0, 0.05) is 34.9 Å². The lowest BCUT2D eigenvalue weighted by atomic mass is 10.1. The van der Waals surface area contributed by atoms with Crippen molar-refractivity contribution >= 4 is 29.1 Å². The highest BCUT2D eigenvalue weighted by Crippen LogP contribution is 2.24. The van der Waals surface area contributed by atoms with Gasteiger partial charge in [-0.15, -0.1) is 0 Å². The summed E-state index contributed by atoms with van der Waals surface area (Å²) in [5, 5.41) is 0.967. The number of ether oxygens (including phenoxy) is 1. The first-order valence-corrected chi connectivity index (χ1v) is 9.19. The number of nitrogens with zero attached hydrogens (tertiary/aromatic N) is 2. The van der Waals surface area contributed by atoms with E-state index in [4.69, 9.17) is 27.9 Å². The number of hydrogen-bond acceptors (Lipinski definition) is 3. The highest BCUT2D eigenvalue weighted by molar-refractivity contribution is 6.35. The molecule has 1 aromatic heterocycles. The fraction of sp³-hybridized carbons (Fsp3) is 0.368. The quantitative estimate of drug-likeness (QED) is 0.800. The van der Waals surface area contributed by atoms with Crippen LogP contribution in [-0.4, -0.2) is 40.7 Å². The molecule has 5 nitrogen and oxygen atoms in total. The van der Waals surface area contributed by atoms with E-state index in [2.05, 4.69) is 0 Å². The van der Waals surface area contributed by atoms with Crippen LogP contribution < -0.4 is 5.56 Å². The van der Waals surface area contributed by atoms with Crippen LogP contribution >= 0.6 is 23.2 Å². The minimum absolute atomic E-state index is 0.0597. The molecule has 2 heterocycles. The Labute approximate surface area is 162 Å². The first kappa shape index (κ1) is 19.0. The van der Waals surface area contributed by atoms with E-state index in [9.17, 15) is 9.59 Å². The van der Waals surface area contributed by atoms with Gasteiger partial charge in [-0.05, 0) is 38.1 Å². The number of carbonyl (C=O) groups is 1. The molecule has 2 aromatic rings. The second kappa shape index (κ2) is 7.82. The van der Waals surface area contributed by atoms with Gasteiger partial charge in [-0.2, -0.15) is 0 Å². The minimum atomic E-state index is -0.361. The average Bonchev–Trinajstić information content (AvgIpc) is 2.58. The SMILES string of the molecule is C[C@@H]1CN(C(=O)c2cccn(Cc3c(Cl)cccc3Cl)c2=O)C[C@H](C)O1. The van der Waals surface area contributed by atoms with E-state index in [1.54, 1.807) is 41.4 Å². The van der Waals surface area contributed by atoms with Crippen LogP contribution in [0.3, 0.4) is 0 Å². The van der Waals surface area contributed by atoms with Gasteiger partial charge >= 0.3 is 0 Å². The fourth-order valence-electron chi connectivity index (χ4n) is 3.19. The Bertz CT molecular complexity index is 851. The van der Waals surface area contributed by atoms with E-state index in [0.29, 0.717) is 28.7 Å². The van der Waals surface area contributed by atoms with Crippen molar-refractivity contribution < 1.29 is 9.53 Å². The first-order valence-electron chi connectivity index (χ1n) is 8.44. The molecular weight excluding hydrogens is 375 g/mol. The van der Waals surface area contributed by atoms with E-state index < -0.39 is 0 Å². The molecular formula is C19H20Cl2N2O3. The third-order valence-electron chi connectivity index (χ3n) is 4.35. The van der Waals surface area contributed by atoms with Gasteiger partial charge in [0.05, 0.1) is 18.8 Å². The smallest absolute Gasteiger partial charge is 0.263 e. The zero-order chi connectivity index (χ0) is 18.8. The molecule has 26 heavy (non-hydrogen) atoms. The van der Waals surface area contributed by atoms with Crippen molar-refractivity contribution in [2.75, 3.05) is 13.1 Å². The Kier molecular flexibility index (Phi) is 5.70. The summed E-state index contributed by atoms with van der Waals surface area (Å²) in [5.74, 6) is -0.281. The van der Waals surface area contributed by atoms with Crippen molar-refractivity contribution in [2.24, 2.45) is 0 Å². The highest BCUT2D eigenvalue weighted by Gasteiger charge is 2.28. The standard InChI is InChI=1S/C19H20Cl2N2O3/c1-12-9-23(10-13(2)26-12)19(25)14-5-4-8-22(18(14)24)11-15-16(20)6-3-7-17(15)21/h3-8,12-13H,9-11H2,1-2H3/t12-,13+. The lowest BCUT2D eigenvalue weighted by Gasteiger charge is -2.35. The number of halogens is 2. The molecule has 1 aromatic carbocycles. The Balaban J connectivity index is 1.90. The summed E-state index contributed by atoms with van der Waals surface area (Å²) in [6.07, 6.45) is 1.51. The summed E-state index contributed by atoms with van der Waals surface area (Å²) >= 11 is 12.4. The number of carbonyl (C=O) groups excluding carboxylic acids is 1. The molecule has 1 fully saturated rings. The van der Waals surface area contributed by atoms with Gasteiger partial charge in [0.1, 0.15) is 5.56 Å². The lowest BCUT2D eigenvalue weighted by molar-refractivity contribution is -0.0586. The normalized spacial score (nSPS) is 20.2. The summed E-state index contributed by atoms with van der Waals surface area (Å²) in [6.45, 7) is 4.97. The van der Waals surface area contributed by atoms with E-state index in [1.165, 1.54) is 4.57 Å². The first-order chi connectivity index (χ1) is 12.4. The molecule has 1 aliphatic rings. The third-order valence-corrected chi connectivity index (χ3v) is 5.06. The van der Waals surface area contributed by atoms with Gasteiger partial charge in [-0.3, -0.25) is 9.59 Å². The molecule has 2 atom stereocenters. The maximum atomic E-state index is 12.9. The van der Waals surface area contributed by atoms with Crippen LogP contribution in [0.1, 0.15) is 29.8 Å². The van der Waals surface area contributed by atoms with Crippen molar-refractivity contribution in [3.05, 3.63) is 68.1 Å². The van der Waals surface area contributed by atoms with Gasteiger partial charge in [-0.1, -0.05) is 29.3 Å². The van der Waals surface area contributed by atoms with Crippen molar-refractivity contribution in [3.8, 4) is 0 Å². The molecule has 1 aliphatic heterocycles. The fourth-order valence-corrected chi connectivity index (χ4v) is 3.71. The Morgan fingerprint density at radius 1 is 1.12 bits per heavy atom. The number of hydrogen-bond donors (Lipinski definition) is 0. The van der Waals surface area contributed by atoms with Crippen molar-refractivity contribution in [1.29, 1.82) is 0 Å². The molecule has 0 unspecified atom stereocenters. The van der Waals surface area contributed by atoms with Gasteiger partial charge in [0.25, 0.3) is 11.5 Å². The largest absolute Gasteiger partial charge is 0.372 e. The van der Waals surface area contributed by atoms with Crippen LogP contribution in [0.2, 0.25) is 10.0 Å². The second-order valence-electron chi connectivity index (χ2n) is 6.52. The lowest BCUT2D eigenvalue weighted by Crippen LogP contribution is -2.49. The highest BCUT2D eigenvalue weighted by atomic mass is 35.5. The number of benzene rings is 1. The monoisotopic (exact) mass is 394 g/mol. The Morgan fingerprint density at radius 3 is 2.35 bits per heavy atom. The summed E-state index contributed by atoms with van der Waals surface area (Å²) in [4.78, 5) is 27.4. The number of pyridine rings is 1. The van der Waals surface area contributed by atoms with Crippen LogP contribution in [0, 0.1) is 0 Å². The number of amides is 1. The minimum Gasteiger partial charge on any atom is -0.372 e. The van der Waals surface area contributed by atoms with Crippen LogP contribution in [0.4, 0.5) is 0 Å². The van der Waals surface area contributed by atoms with Crippen LogP contribution in [0.25, 0.3) is 0 Å². The predicted octanol–water partition coefficient (Wildman–Crippen LogP) is 3.45. The molecule has 0 spiro atoms. The van der Waals surface area contributed by atoms with Crippen molar-refractivity contribution in [1.82, 2.24) is 9.47 Å². The number of aromatic nitrogens is 1. The zero-order valence-corrected chi connectivity index (χ0v) is 16.1. The molecule has 0 aliphatic carbocycles. The second-order valence-corrected chi connectivity index (χ2v) is 7.34. The molecule has 0 bridgehead atoms. The van der Waals surface area contributed by atoms with Crippen LogP contribution in [0.15, 0.2) is 41.3 Å². The molecule has 3 rings (SSSR count). The summed E-state index contributed by atoms with van der Waals surface area (Å²) in [6, 6.07) is 8.43. The van der Waals surface area contributed by atoms with E-state index in [0.717, 1.165) is 0 Å². The van der Waals surface area contributed by atoms with E-state index in [1.807, 2.05) is 13.8 Å². The number of morpholine rings is 1. The summed E-state index contributed by atoms with van der Waals surface area (Å²) in [7, 11) is 0. The van der Waals surface area contributed by atoms with Gasteiger partial charge < -0.3 is 14.2 Å². The van der Waals surface area contributed by atoms with Gasteiger partial charge in [0.2, 0.25) is 0 Å². The van der Waals surface area contributed by atoms with Crippen molar-refractivity contribution in [3.63, 3.8) is 0 Å². The topological polar surface area (TPSA) is 51.5 Å². The van der Waals surface area contributed by atoms with Gasteiger partial charge in [-0.25, -0.2) is 0 Å². The zero-order valence-electron chi connectivity index (χ0n) is 14.6. The molecule has 7 heteroatoms. The van der Waals surface area contributed by atoms with Gasteiger partial charge in [0.15, 0.2) is 0 Å². The van der Waals surface area contributed by atoms with E-state index >= 15 is 0 Å². The molecule has 0 saturated carbocycles. The maximum Gasteiger partial charge on any atom is 0.263 e. The summed E-state index contributed by atoms with van der Waals surface area (Å²) in [5.41, 5.74) is 0.424. The maximum absolute atomic E-state index is 12.9. The Morgan fingerprint density at radius 2 is 1.73 bits per heavy atom. The number of rotatable bonds is 3. The van der Waals surface area contributed by atoms with E-state index in [-0.39, 0.29) is 35.8 Å². The molecule has 0 N–H and O–H groups in total. The summed E-state index contributed by atoms with van der Waals surface area (Å²) < 4.78 is 7.11. The Hall–Kier alpha value is -1.82. The molecule has 0 radical (unpaired) electrons. The predicted molar refractivity (Wildman–Crippen MR) is 102 cm³/mol.